The van der Waals surface area contributed by atoms with Crippen molar-refractivity contribution in [3.63, 3.8) is 0 Å². The van der Waals surface area contributed by atoms with Crippen LogP contribution in [0.2, 0.25) is 0 Å². The van der Waals surface area contributed by atoms with Crippen molar-refractivity contribution in [2.24, 2.45) is 16.9 Å². The van der Waals surface area contributed by atoms with Crippen molar-refractivity contribution >= 4 is 23.2 Å². The highest BCUT2D eigenvalue weighted by Gasteiger charge is 2.45. The molecule has 2 fully saturated rings. The number of piperidine rings is 1. The van der Waals surface area contributed by atoms with E-state index < -0.39 is 0 Å². The van der Waals surface area contributed by atoms with Gasteiger partial charge in [0.25, 0.3) is 5.91 Å². The lowest BCUT2D eigenvalue weighted by Gasteiger charge is -2.47. The highest BCUT2D eigenvalue weighted by molar-refractivity contribution is 7.08. The van der Waals surface area contributed by atoms with E-state index >= 15 is 0 Å². The molecule has 2 aliphatic rings. The number of carbonyl (C=O) groups is 1. The Morgan fingerprint density at radius 3 is 1.97 bits per heavy atom. The molecule has 35 heavy (non-hydrogen) atoms. The second-order valence-electron chi connectivity index (χ2n) is 8.98. The predicted octanol–water partition coefficient (Wildman–Crippen LogP) is 4.45. The molecule has 1 aliphatic carbocycles. The minimum atomic E-state index is -0.261. The molecule has 2 bridgehead atoms. The highest BCUT2D eigenvalue weighted by atomic mass is 32.1. The number of nitrogens with zero attached hydrogens (tertiary/aromatic N) is 3. The Balaban J connectivity index is 1.51. The molecule has 1 saturated carbocycles. The van der Waals surface area contributed by atoms with Crippen LogP contribution in [0.25, 0.3) is 0 Å². The third-order valence-electron chi connectivity index (χ3n) is 7.05. The molecular formula is C26H29N5O3S. The van der Waals surface area contributed by atoms with Gasteiger partial charge in [0.2, 0.25) is 0 Å². The van der Waals surface area contributed by atoms with Gasteiger partial charge in [-0.3, -0.25) is 4.79 Å². The zero-order valence-electron chi connectivity index (χ0n) is 20.0. The Kier molecular flexibility index (Phi) is 6.79. The zero-order chi connectivity index (χ0) is 24.4. The van der Waals surface area contributed by atoms with Gasteiger partial charge in [0.15, 0.2) is 0 Å². The van der Waals surface area contributed by atoms with Crippen LogP contribution in [-0.4, -0.2) is 35.4 Å². The van der Waals surface area contributed by atoms with E-state index in [1.165, 1.54) is 11.1 Å². The summed E-state index contributed by atoms with van der Waals surface area (Å²) in [4.78, 5) is 13.3. The van der Waals surface area contributed by atoms with Crippen LogP contribution in [0.3, 0.4) is 0 Å². The van der Waals surface area contributed by atoms with Gasteiger partial charge in [-0.15, -0.1) is 5.10 Å². The second kappa shape index (κ2) is 10.1. The molecule has 2 N–H and O–H groups in total. The van der Waals surface area contributed by atoms with Crippen molar-refractivity contribution in [3.8, 4) is 11.5 Å². The molecule has 2 aromatic carbocycles. The average Bonchev–Trinajstić information content (AvgIpc) is 3.33. The number of rotatable bonds is 6. The Bertz CT molecular complexity index is 1140. The number of methoxy groups -OCH3 is 2. The maximum atomic E-state index is 12.8. The van der Waals surface area contributed by atoms with Gasteiger partial charge in [0.05, 0.1) is 19.9 Å². The summed E-state index contributed by atoms with van der Waals surface area (Å²) in [6, 6.07) is 16.5. The third kappa shape index (κ3) is 4.66. The first-order valence-electron chi connectivity index (χ1n) is 11.8. The van der Waals surface area contributed by atoms with Gasteiger partial charge in [-0.05, 0) is 66.7 Å². The largest absolute Gasteiger partial charge is 0.497 e. The number of hydrogen-bond acceptors (Lipinski definition) is 8. The first-order chi connectivity index (χ1) is 17.1. The molecule has 4 unspecified atom stereocenters. The van der Waals surface area contributed by atoms with E-state index in [0.29, 0.717) is 10.6 Å². The minimum Gasteiger partial charge on any atom is -0.497 e. The number of aryl methyl sites for hydroxylation is 1. The fraction of sp³-hybridized carbons (Fsp3) is 0.385. The molecule has 8 nitrogen and oxygen atoms in total. The van der Waals surface area contributed by atoms with Crippen molar-refractivity contribution in [3.05, 3.63) is 70.2 Å². The number of hydrogen-bond donors (Lipinski definition) is 2. The van der Waals surface area contributed by atoms with Crippen LogP contribution in [0.1, 0.15) is 57.8 Å². The van der Waals surface area contributed by atoms with Gasteiger partial charge >= 0.3 is 0 Å². The van der Waals surface area contributed by atoms with Crippen LogP contribution < -0.4 is 20.2 Å². The fourth-order valence-corrected chi connectivity index (χ4v) is 5.83. The third-order valence-corrected chi connectivity index (χ3v) is 7.87. The standard InChI is InChI=1S/C26H29N5O3S/c1-15-25(35-31-28-15)26(32)30-29-24-20-5-4-6-21(24)23(17-9-13-19(34-3)14-10-17)27-22(20)16-7-11-18(33-2)12-8-16/h7-14,20-23,27H,4-6H2,1-3H3,(H,30,32). The van der Waals surface area contributed by atoms with Crippen molar-refractivity contribution in [1.29, 1.82) is 0 Å². The number of benzene rings is 2. The minimum absolute atomic E-state index is 0.0621. The molecule has 1 amide bonds. The number of ether oxygens (including phenoxy) is 2. The number of aromatic nitrogens is 2. The Labute approximate surface area is 208 Å². The first kappa shape index (κ1) is 23.4. The Hall–Kier alpha value is -3.30. The lowest BCUT2D eigenvalue weighted by Crippen LogP contribution is -2.51. The van der Waals surface area contributed by atoms with Crippen molar-refractivity contribution in [2.45, 2.75) is 38.3 Å². The molecule has 4 atom stereocenters. The normalized spacial score (nSPS) is 23.5. The maximum absolute atomic E-state index is 12.8. The number of fused-ring (bicyclic) bond motifs is 2. The molecule has 9 heteroatoms. The topological polar surface area (TPSA) is 97.7 Å². The van der Waals surface area contributed by atoms with Crippen molar-refractivity contribution in [1.82, 2.24) is 20.3 Å². The van der Waals surface area contributed by atoms with Gasteiger partial charge in [-0.1, -0.05) is 35.2 Å². The van der Waals surface area contributed by atoms with E-state index in [0.717, 1.165) is 48.0 Å². The summed E-state index contributed by atoms with van der Waals surface area (Å²) in [6.45, 7) is 1.78. The van der Waals surface area contributed by atoms with Crippen molar-refractivity contribution < 1.29 is 14.3 Å². The summed E-state index contributed by atoms with van der Waals surface area (Å²) in [7, 11) is 3.35. The SMILES string of the molecule is COc1ccc(C2NC(c3ccc(OC)cc3)C3CCCC2C3=NNC(=O)c2snnc2C)cc1. The van der Waals surface area contributed by atoms with Gasteiger partial charge in [0.1, 0.15) is 16.4 Å². The van der Waals surface area contributed by atoms with Gasteiger partial charge < -0.3 is 14.8 Å². The number of amides is 1. The molecule has 0 radical (unpaired) electrons. The lowest BCUT2D eigenvalue weighted by molar-refractivity contribution is 0.0956. The molecule has 1 aliphatic heterocycles. The lowest BCUT2D eigenvalue weighted by atomic mass is 9.67. The molecule has 3 aromatic rings. The summed E-state index contributed by atoms with van der Waals surface area (Å²) in [5.41, 5.74) is 6.83. The molecule has 182 valence electrons. The Morgan fingerprint density at radius 2 is 1.51 bits per heavy atom. The van der Waals surface area contributed by atoms with Crippen molar-refractivity contribution in [2.75, 3.05) is 14.2 Å². The van der Waals surface area contributed by atoms with Gasteiger partial charge in [-0.25, -0.2) is 5.43 Å². The van der Waals surface area contributed by atoms with E-state index in [9.17, 15) is 4.79 Å². The van der Waals surface area contributed by atoms with Crippen LogP contribution in [0.15, 0.2) is 53.6 Å². The smallest absolute Gasteiger partial charge is 0.285 e. The van der Waals surface area contributed by atoms with Crippen LogP contribution in [-0.2, 0) is 0 Å². The summed E-state index contributed by atoms with van der Waals surface area (Å²) in [5.74, 6) is 1.75. The van der Waals surface area contributed by atoms with Crippen LogP contribution in [0.4, 0.5) is 0 Å². The van der Waals surface area contributed by atoms with Gasteiger partial charge in [0, 0.05) is 29.6 Å². The van der Waals surface area contributed by atoms with Crippen LogP contribution in [0.5, 0.6) is 11.5 Å². The molecule has 0 spiro atoms. The zero-order valence-corrected chi connectivity index (χ0v) is 20.8. The monoisotopic (exact) mass is 491 g/mol. The summed E-state index contributed by atoms with van der Waals surface area (Å²) in [6.07, 6.45) is 3.12. The maximum Gasteiger partial charge on any atom is 0.285 e. The molecular weight excluding hydrogens is 462 g/mol. The van der Waals surface area contributed by atoms with Crippen LogP contribution >= 0.6 is 11.5 Å². The first-order valence-corrected chi connectivity index (χ1v) is 12.6. The molecule has 1 saturated heterocycles. The number of carbonyl (C=O) groups excluding carboxylic acids is 1. The molecule has 1 aromatic heterocycles. The van der Waals surface area contributed by atoms with E-state index in [1.807, 2.05) is 24.3 Å². The van der Waals surface area contributed by atoms with E-state index in [2.05, 4.69) is 44.6 Å². The molecule has 2 heterocycles. The summed E-state index contributed by atoms with van der Waals surface area (Å²) >= 11 is 1.09. The van der Waals surface area contributed by atoms with E-state index in [1.54, 1.807) is 21.1 Å². The van der Waals surface area contributed by atoms with Crippen LogP contribution in [0, 0.1) is 18.8 Å². The Morgan fingerprint density at radius 1 is 0.971 bits per heavy atom. The summed E-state index contributed by atoms with van der Waals surface area (Å²) < 4.78 is 14.6. The predicted molar refractivity (Wildman–Crippen MR) is 135 cm³/mol. The summed E-state index contributed by atoms with van der Waals surface area (Å²) in [5, 5.41) is 12.6. The fourth-order valence-electron chi connectivity index (χ4n) is 5.28. The average molecular weight is 492 g/mol. The van der Waals surface area contributed by atoms with Gasteiger partial charge in [-0.2, -0.15) is 5.10 Å². The quantitative estimate of drug-likeness (QED) is 0.495. The van der Waals surface area contributed by atoms with E-state index in [-0.39, 0.29) is 29.8 Å². The number of hydrazone groups is 1. The number of nitrogens with one attached hydrogen (secondary N) is 2. The highest BCUT2D eigenvalue weighted by Crippen LogP contribution is 2.46. The van der Waals surface area contributed by atoms with E-state index in [4.69, 9.17) is 14.6 Å². The second-order valence-corrected chi connectivity index (χ2v) is 9.73. The molecule has 5 rings (SSSR count).